The number of nitrogens with one attached hydrogen (secondary N) is 1. The van der Waals surface area contributed by atoms with E-state index in [9.17, 15) is 19.8 Å². The number of halogens is 1. The summed E-state index contributed by atoms with van der Waals surface area (Å²) < 4.78 is 14.0. The molecule has 1 fully saturated rings. The van der Waals surface area contributed by atoms with Crippen LogP contribution in [0.25, 0.3) is 0 Å². The van der Waals surface area contributed by atoms with Crippen molar-refractivity contribution in [1.29, 1.82) is 0 Å². The summed E-state index contributed by atoms with van der Waals surface area (Å²) in [7, 11) is 0. The zero-order chi connectivity index (χ0) is 28.6. The number of aryl methyl sites for hydroxylation is 3. The van der Waals surface area contributed by atoms with E-state index >= 15 is 0 Å². The Kier molecular flexibility index (Phi) is 7.94. The van der Waals surface area contributed by atoms with Crippen LogP contribution in [-0.4, -0.2) is 44.7 Å². The molecule has 8 nitrogen and oxygen atoms in total. The molecule has 208 valence electrons. The van der Waals surface area contributed by atoms with Gasteiger partial charge in [0.05, 0.1) is 11.1 Å². The molecule has 0 bridgehead atoms. The number of H-pyrrole nitrogens is 1. The van der Waals surface area contributed by atoms with Crippen molar-refractivity contribution in [2.45, 2.75) is 50.9 Å². The molecule has 1 aromatic heterocycles. The minimum Gasteiger partial charge on any atom is -0.387 e. The molecule has 2 heterocycles. The summed E-state index contributed by atoms with van der Waals surface area (Å²) in [5.41, 5.74) is 3.52. The second kappa shape index (κ2) is 11.3. The molecule has 0 radical (unpaired) electrons. The fraction of sp³-hybridized carbons (Fsp3) is 0.290. The van der Waals surface area contributed by atoms with Gasteiger partial charge in [-0.3, -0.25) is 14.3 Å². The zero-order valence-corrected chi connectivity index (χ0v) is 24.0. The molecule has 4 aromatic rings. The van der Waals surface area contributed by atoms with Crippen molar-refractivity contribution in [2.75, 3.05) is 6.61 Å². The topological polar surface area (TPSA) is 114 Å². The van der Waals surface area contributed by atoms with E-state index in [1.165, 1.54) is 6.20 Å². The third-order valence-corrected chi connectivity index (χ3v) is 7.94. The van der Waals surface area contributed by atoms with Crippen LogP contribution >= 0.6 is 15.9 Å². The number of benzene rings is 3. The van der Waals surface area contributed by atoms with Crippen molar-refractivity contribution in [3.05, 3.63) is 138 Å². The molecule has 1 aliphatic heterocycles. The van der Waals surface area contributed by atoms with Crippen LogP contribution in [-0.2, 0) is 15.1 Å². The first-order chi connectivity index (χ1) is 19.1. The molecule has 9 heteroatoms. The first-order valence-electron chi connectivity index (χ1n) is 13.0. The summed E-state index contributed by atoms with van der Waals surface area (Å²) in [5.74, 6) is 0. The molecular weight excluding hydrogens is 576 g/mol. The minimum absolute atomic E-state index is 0.0919. The van der Waals surface area contributed by atoms with Crippen LogP contribution in [0.3, 0.4) is 0 Å². The SMILES string of the molecule is Cc1ccc(C(OC[C@@H]2O[C@@H](n3cc(Br)c(=O)[nH]c3=O)[C@@H](O)[C@H]2O)(c2ccc(C)cc2)c2ccc(C)cc2)cc1. The number of hydrogen-bond donors (Lipinski definition) is 3. The predicted octanol–water partition coefficient (Wildman–Crippen LogP) is 3.85. The first kappa shape index (κ1) is 28.2. The number of hydrogen-bond acceptors (Lipinski definition) is 6. The van der Waals surface area contributed by atoms with Crippen LogP contribution in [0.2, 0.25) is 0 Å². The highest BCUT2D eigenvalue weighted by Gasteiger charge is 2.46. The largest absolute Gasteiger partial charge is 0.387 e. The van der Waals surface area contributed by atoms with Gasteiger partial charge < -0.3 is 19.7 Å². The Balaban J connectivity index is 1.56. The maximum atomic E-state index is 12.5. The molecule has 0 spiro atoms. The van der Waals surface area contributed by atoms with Crippen LogP contribution in [0.4, 0.5) is 0 Å². The number of aromatic nitrogens is 2. The molecule has 3 N–H and O–H groups in total. The van der Waals surface area contributed by atoms with E-state index in [2.05, 4.69) is 20.9 Å². The van der Waals surface area contributed by atoms with Crippen molar-refractivity contribution in [3.8, 4) is 0 Å². The van der Waals surface area contributed by atoms with Gasteiger partial charge in [-0.25, -0.2) is 4.79 Å². The molecule has 1 saturated heterocycles. The van der Waals surface area contributed by atoms with E-state index in [0.29, 0.717) is 0 Å². The highest BCUT2D eigenvalue weighted by Crippen LogP contribution is 2.42. The molecule has 0 saturated carbocycles. The molecule has 1 aliphatic rings. The highest BCUT2D eigenvalue weighted by atomic mass is 79.9. The van der Waals surface area contributed by atoms with Crippen molar-refractivity contribution >= 4 is 15.9 Å². The Labute approximate surface area is 240 Å². The summed E-state index contributed by atoms with van der Waals surface area (Å²) in [6, 6.07) is 24.3. The lowest BCUT2D eigenvalue weighted by molar-refractivity contribution is -0.0959. The normalized spacial score (nSPS) is 21.1. The second-order valence-electron chi connectivity index (χ2n) is 10.3. The summed E-state index contributed by atoms with van der Waals surface area (Å²) in [4.78, 5) is 26.5. The third-order valence-electron chi connectivity index (χ3n) is 7.37. The minimum atomic E-state index is -1.43. The van der Waals surface area contributed by atoms with Crippen molar-refractivity contribution in [2.24, 2.45) is 0 Å². The number of aromatic amines is 1. The number of aliphatic hydroxyl groups excluding tert-OH is 2. The Hall–Kier alpha value is -3.34. The van der Waals surface area contributed by atoms with Gasteiger partial charge in [0.25, 0.3) is 5.56 Å². The Morgan fingerprint density at radius 1 is 0.825 bits per heavy atom. The predicted molar refractivity (Wildman–Crippen MR) is 154 cm³/mol. The van der Waals surface area contributed by atoms with Crippen LogP contribution < -0.4 is 11.2 Å². The van der Waals surface area contributed by atoms with Gasteiger partial charge in [0.1, 0.15) is 23.9 Å². The number of ether oxygens (including phenoxy) is 2. The molecule has 5 rings (SSSR count). The molecule has 0 aliphatic carbocycles. The lowest BCUT2D eigenvalue weighted by Gasteiger charge is -2.37. The summed E-state index contributed by atoms with van der Waals surface area (Å²) in [6.07, 6.45) is -3.75. The summed E-state index contributed by atoms with van der Waals surface area (Å²) in [6.45, 7) is 5.95. The molecule has 0 amide bonds. The second-order valence-corrected chi connectivity index (χ2v) is 11.1. The Morgan fingerprint density at radius 2 is 1.27 bits per heavy atom. The van der Waals surface area contributed by atoms with Gasteiger partial charge >= 0.3 is 5.69 Å². The van der Waals surface area contributed by atoms with Gasteiger partial charge in [-0.05, 0) is 53.4 Å². The fourth-order valence-electron chi connectivity index (χ4n) is 5.07. The lowest BCUT2D eigenvalue weighted by Crippen LogP contribution is -2.40. The van der Waals surface area contributed by atoms with Crippen LogP contribution in [0, 0.1) is 20.8 Å². The molecule has 4 atom stereocenters. The van der Waals surface area contributed by atoms with E-state index in [1.54, 1.807) is 0 Å². The lowest BCUT2D eigenvalue weighted by atomic mass is 9.79. The monoisotopic (exact) mass is 606 g/mol. The van der Waals surface area contributed by atoms with Gasteiger partial charge in [-0.1, -0.05) is 89.5 Å². The van der Waals surface area contributed by atoms with E-state index in [-0.39, 0.29) is 11.1 Å². The van der Waals surface area contributed by atoms with E-state index in [0.717, 1.165) is 37.9 Å². The summed E-state index contributed by atoms with van der Waals surface area (Å²) >= 11 is 3.10. The third kappa shape index (κ3) is 5.23. The Bertz CT molecular complexity index is 1480. The van der Waals surface area contributed by atoms with Crippen LogP contribution in [0.1, 0.15) is 39.6 Å². The first-order valence-corrected chi connectivity index (χ1v) is 13.8. The quantitative estimate of drug-likeness (QED) is 0.275. The molecular formula is C31H31BrN2O6. The zero-order valence-electron chi connectivity index (χ0n) is 22.4. The van der Waals surface area contributed by atoms with Gasteiger partial charge in [0.15, 0.2) is 6.23 Å². The maximum absolute atomic E-state index is 12.5. The van der Waals surface area contributed by atoms with E-state index < -0.39 is 41.4 Å². The fourth-order valence-corrected chi connectivity index (χ4v) is 5.39. The van der Waals surface area contributed by atoms with E-state index in [1.807, 2.05) is 93.6 Å². The maximum Gasteiger partial charge on any atom is 0.330 e. The smallest absolute Gasteiger partial charge is 0.330 e. The van der Waals surface area contributed by atoms with Gasteiger partial charge in [0.2, 0.25) is 0 Å². The standard InChI is InChI=1S/C31H31BrN2O6/c1-18-4-10-21(11-5-18)31(22-12-6-19(2)7-13-22,23-14-8-20(3)9-15-23)39-17-25-26(35)27(36)29(40-25)34-16-24(32)28(37)33-30(34)38/h4-16,25-27,29,35-36H,17H2,1-3H3,(H,33,37,38)/t25-,26-,27-,29+/m0/s1. The molecule has 0 unspecified atom stereocenters. The van der Waals surface area contributed by atoms with Crippen molar-refractivity contribution in [3.63, 3.8) is 0 Å². The van der Waals surface area contributed by atoms with Crippen molar-refractivity contribution in [1.82, 2.24) is 9.55 Å². The van der Waals surface area contributed by atoms with Crippen LogP contribution in [0.15, 0.2) is 93.1 Å². The Morgan fingerprint density at radius 3 is 1.73 bits per heavy atom. The van der Waals surface area contributed by atoms with E-state index in [4.69, 9.17) is 9.47 Å². The van der Waals surface area contributed by atoms with Gasteiger partial charge in [-0.15, -0.1) is 0 Å². The number of rotatable bonds is 7. The summed E-state index contributed by atoms with van der Waals surface area (Å²) in [5, 5.41) is 21.8. The van der Waals surface area contributed by atoms with Crippen molar-refractivity contribution < 1.29 is 19.7 Å². The average Bonchev–Trinajstić information content (AvgIpc) is 3.22. The van der Waals surface area contributed by atoms with Crippen LogP contribution in [0.5, 0.6) is 0 Å². The number of aliphatic hydroxyl groups is 2. The molecule has 40 heavy (non-hydrogen) atoms. The van der Waals surface area contributed by atoms with Gasteiger partial charge in [0, 0.05) is 6.20 Å². The highest BCUT2D eigenvalue weighted by molar-refractivity contribution is 9.10. The molecule has 3 aromatic carbocycles. The van der Waals surface area contributed by atoms with Gasteiger partial charge in [-0.2, -0.15) is 0 Å². The number of nitrogens with zero attached hydrogens (tertiary/aromatic N) is 1. The average molecular weight is 608 g/mol.